The van der Waals surface area contributed by atoms with Gasteiger partial charge >= 0.3 is 0 Å². The van der Waals surface area contributed by atoms with Crippen molar-refractivity contribution in [1.29, 1.82) is 0 Å². The van der Waals surface area contributed by atoms with Crippen LogP contribution in [0, 0.1) is 18.8 Å². The Hall–Kier alpha value is -2.82. The number of rotatable bonds is 4. The first-order valence-electron chi connectivity index (χ1n) is 10.4. The zero-order valence-corrected chi connectivity index (χ0v) is 17.1. The highest BCUT2D eigenvalue weighted by Gasteiger charge is 2.34. The normalized spacial score (nSPS) is 20.8. The molecule has 0 saturated heterocycles. The van der Waals surface area contributed by atoms with Crippen LogP contribution >= 0.6 is 0 Å². The maximum absolute atomic E-state index is 13.1. The van der Waals surface area contributed by atoms with Gasteiger partial charge in [0, 0.05) is 24.1 Å². The number of nitrogens with zero attached hydrogens (tertiary/aromatic N) is 1. The first kappa shape index (κ1) is 19.5. The Bertz CT molecular complexity index is 916. The van der Waals surface area contributed by atoms with Crippen LogP contribution in [0.25, 0.3) is 0 Å². The van der Waals surface area contributed by atoms with Crippen LogP contribution in [-0.2, 0) is 16.0 Å². The van der Waals surface area contributed by atoms with Crippen molar-refractivity contribution in [3.05, 3.63) is 53.6 Å². The maximum atomic E-state index is 13.1. The van der Waals surface area contributed by atoms with E-state index in [1.165, 1.54) is 5.56 Å². The van der Waals surface area contributed by atoms with Crippen molar-refractivity contribution in [1.82, 2.24) is 0 Å². The summed E-state index contributed by atoms with van der Waals surface area (Å²) >= 11 is 0. The van der Waals surface area contributed by atoms with Gasteiger partial charge in [0.05, 0.1) is 12.8 Å². The van der Waals surface area contributed by atoms with Crippen LogP contribution in [0.15, 0.2) is 42.5 Å². The first-order valence-corrected chi connectivity index (χ1v) is 10.4. The fourth-order valence-electron chi connectivity index (χ4n) is 4.54. The predicted octanol–water partition coefficient (Wildman–Crippen LogP) is 4.34. The van der Waals surface area contributed by atoms with Gasteiger partial charge < -0.3 is 15.0 Å². The topological polar surface area (TPSA) is 58.6 Å². The molecule has 0 bridgehead atoms. The molecule has 152 valence electrons. The molecule has 2 amide bonds. The number of para-hydroxylation sites is 1. The summed E-state index contributed by atoms with van der Waals surface area (Å²) in [5.41, 5.74) is 4.09. The lowest BCUT2D eigenvalue weighted by atomic mass is 9.81. The zero-order valence-electron chi connectivity index (χ0n) is 17.1. The van der Waals surface area contributed by atoms with Crippen molar-refractivity contribution < 1.29 is 14.3 Å². The smallest absolute Gasteiger partial charge is 0.230 e. The monoisotopic (exact) mass is 392 g/mol. The van der Waals surface area contributed by atoms with E-state index >= 15 is 0 Å². The van der Waals surface area contributed by atoms with Gasteiger partial charge in [0.25, 0.3) is 0 Å². The van der Waals surface area contributed by atoms with Crippen LogP contribution in [0.5, 0.6) is 5.75 Å². The standard InChI is InChI=1S/C24H28N2O3/c1-16-7-12-22(29-2)20(15-16)25-23(27)18-8-10-19(11-9-18)24(28)26-14-13-17-5-3-4-6-21(17)26/h3-7,12,15,18-19H,8-11,13-14H2,1-2H3,(H,25,27). The summed E-state index contributed by atoms with van der Waals surface area (Å²) in [6, 6.07) is 13.9. The Kier molecular flexibility index (Phi) is 5.56. The molecular weight excluding hydrogens is 364 g/mol. The molecule has 2 aromatic rings. The number of nitrogens with one attached hydrogen (secondary N) is 1. The Labute approximate surface area is 172 Å². The molecule has 0 atom stereocenters. The van der Waals surface area contributed by atoms with E-state index in [4.69, 9.17) is 4.74 Å². The molecule has 4 rings (SSSR count). The van der Waals surface area contributed by atoms with Gasteiger partial charge in [-0.2, -0.15) is 0 Å². The molecular formula is C24H28N2O3. The van der Waals surface area contributed by atoms with E-state index in [0.717, 1.165) is 49.9 Å². The van der Waals surface area contributed by atoms with Gasteiger partial charge in [-0.3, -0.25) is 9.59 Å². The van der Waals surface area contributed by atoms with Gasteiger partial charge in [-0.1, -0.05) is 24.3 Å². The van der Waals surface area contributed by atoms with Crippen LogP contribution in [0.1, 0.15) is 36.8 Å². The third kappa shape index (κ3) is 4.00. The lowest BCUT2D eigenvalue weighted by Crippen LogP contribution is -2.38. The van der Waals surface area contributed by atoms with Crippen molar-refractivity contribution in [2.24, 2.45) is 11.8 Å². The molecule has 1 fully saturated rings. The SMILES string of the molecule is COc1ccc(C)cc1NC(=O)C1CCC(C(=O)N2CCc3ccccc32)CC1. The molecule has 5 heteroatoms. The van der Waals surface area contributed by atoms with E-state index < -0.39 is 0 Å². The van der Waals surface area contributed by atoms with Crippen LogP contribution < -0.4 is 15.0 Å². The van der Waals surface area contributed by atoms with E-state index in [1.807, 2.05) is 48.2 Å². The van der Waals surface area contributed by atoms with Crippen molar-refractivity contribution >= 4 is 23.2 Å². The summed E-state index contributed by atoms with van der Waals surface area (Å²) < 4.78 is 5.36. The number of aryl methyl sites for hydroxylation is 1. The third-order valence-electron chi connectivity index (χ3n) is 6.21. The van der Waals surface area contributed by atoms with Crippen LogP contribution in [0.3, 0.4) is 0 Å². The number of fused-ring (bicyclic) bond motifs is 1. The summed E-state index contributed by atoms with van der Waals surface area (Å²) in [5.74, 6) is 0.856. The quantitative estimate of drug-likeness (QED) is 0.842. The van der Waals surface area contributed by atoms with Gasteiger partial charge in [-0.25, -0.2) is 0 Å². The number of benzene rings is 2. The van der Waals surface area contributed by atoms with Crippen molar-refractivity contribution in [3.63, 3.8) is 0 Å². The molecule has 29 heavy (non-hydrogen) atoms. The van der Waals surface area contributed by atoms with E-state index in [0.29, 0.717) is 11.4 Å². The van der Waals surface area contributed by atoms with Crippen molar-refractivity contribution in [2.45, 2.75) is 39.0 Å². The summed E-state index contributed by atoms with van der Waals surface area (Å²) in [6.45, 7) is 2.76. The van der Waals surface area contributed by atoms with Crippen LogP contribution in [-0.4, -0.2) is 25.5 Å². The number of hydrogen-bond acceptors (Lipinski definition) is 3. The molecule has 0 spiro atoms. The van der Waals surface area contributed by atoms with Gasteiger partial charge in [-0.15, -0.1) is 0 Å². The second-order valence-corrected chi connectivity index (χ2v) is 8.11. The number of methoxy groups -OCH3 is 1. The Balaban J connectivity index is 1.35. The minimum atomic E-state index is -0.0601. The summed E-state index contributed by atoms with van der Waals surface area (Å²) in [4.78, 5) is 27.8. The number of carbonyl (C=O) groups is 2. The van der Waals surface area contributed by atoms with E-state index in [2.05, 4.69) is 11.4 Å². The molecule has 0 radical (unpaired) electrons. The zero-order chi connectivity index (χ0) is 20.4. The number of carbonyl (C=O) groups excluding carboxylic acids is 2. The predicted molar refractivity (Wildman–Crippen MR) is 114 cm³/mol. The van der Waals surface area contributed by atoms with Crippen LogP contribution in [0.4, 0.5) is 11.4 Å². The fourth-order valence-corrected chi connectivity index (χ4v) is 4.54. The van der Waals surface area contributed by atoms with Crippen molar-refractivity contribution in [3.8, 4) is 5.75 Å². The summed E-state index contributed by atoms with van der Waals surface area (Å²) in [6.07, 6.45) is 3.94. The Morgan fingerprint density at radius 3 is 2.52 bits per heavy atom. The number of anilines is 2. The number of amides is 2. The highest BCUT2D eigenvalue weighted by Crippen LogP contribution is 2.35. The molecule has 1 aliphatic carbocycles. The second-order valence-electron chi connectivity index (χ2n) is 8.11. The molecule has 0 unspecified atom stereocenters. The molecule has 2 aliphatic rings. The lowest BCUT2D eigenvalue weighted by molar-refractivity contribution is -0.126. The molecule has 1 saturated carbocycles. The first-order chi connectivity index (χ1) is 14.1. The number of hydrogen-bond donors (Lipinski definition) is 1. The molecule has 1 N–H and O–H groups in total. The highest BCUT2D eigenvalue weighted by atomic mass is 16.5. The molecule has 5 nitrogen and oxygen atoms in total. The minimum absolute atomic E-state index is 0.0127. The Morgan fingerprint density at radius 1 is 1.03 bits per heavy atom. The maximum Gasteiger partial charge on any atom is 0.230 e. The summed E-state index contributed by atoms with van der Waals surface area (Å²) in [5, 5.41) is 3.02. The largest absolute Gasteiger partial charge is 0.495 e. The third-order valence-corrected chi connectivity index (χ3v) is 6.21. The lowest BCUT2D eigenvalue weighted by Gasteiger charge is -2.30. The minimum Gasteiger partial charge on any atom is -0.495 e. The van der Waals surface area contributed by atoms with Crippen molar-refractivity contribution in [2.75, 3.05) is 23.9 Å². The number of ether oxygens (including phenoxy) is 1. The van der Waals surface area contributed by atoms with E-state index in [-0.39, 0.29) is 23.7 Å². The average Bonchev–Trinajstić information content (AvgIpc) is 3.17. The van der Waals surface area contributed by atoms with Gasteiger partial charge in [0.15, 0.2) is 0 Å². The van der Waals surface area contributed by atoms with Crippen LogP contribution in [0.2, 0.25) is 0 Å². The molecule has 0 aromatic heterocycles. The average molecular weight is 392 g/mol. The van der Waals surface area contributed by atoms with E-state index in [9.17, 15) is 9.59 Å². The second kappa shape index (κ2) is 8.27. The van der Waals surface area contributed by atoms with E-state index in [1.54, 1.807) is 7.11 Å². The van der Waals surface area contributed by atoms with Gasteiger partial charge in [0.1, 0.15) is 5.75 Å². The fraction of sp³-hybridized carbons (Fsp3) is 0.417. The molecule has 2 aromatic carbocycles. The molecule has 1 aliphatic heterocycles. The van der Waals surface area contributed by atoms with Gasteiger partial charge in [0.2, 0.25) is 11.8 Å². The van der Waals surface area contributed by atoms with Gasteiger partial charge in [-0.05, 0) is 68.4 Å². The molecule has 1 heterocycles. The highest BCUT2D eigenvalue weighted by molar-refractivity contribution is 5.98. The summed E-state index contributed by atoms with van der Waals surface area (Å²) in [7, 11) is 1.60. The Morgan fingerprint density at radius 2 is 1.76 bits per heavy atom.